The van der Waals surface area contributed by atoms with Crippen LogP contribution in [0, 0.1) is 0 Å². The highest BCUT2D eigenvalue weighted by molar-refractivity contribution is 7.86. The van der Waals surface area contributed by atoms with Crippen LogP contribution in [0.15, 0.2) is 40.7 Å². The lowest BCUT2D eigenvalue weighted by atomic mass is 10.0. The zero-order chi connectivity index (χ0) is 15.9. The largest absolute Gasteiger partial charge is 0.495 e. The molecule has 0 saturated heterocycles. The first-order valence-corrected chi connectivity index (χ1v) is 8.51. The minimum atomic E-state index is -4.38. The van der Waals surface area contributed by atoms with E-state index in [0.717, 1.165) is 5.01 Å². The summed E-state index contributed by atoms with van der Waals surface area (Å²) >= 11 is 1.43. The molecule has 114 valence electrons. The summed E-state index contributed by atoms with van der Waals surface area (Å²) in [5, 5.41) is 3.88. The van der Waals surface area contributed by atoms with Crippen LogP contribution in [-0.4, -0.2) is 25.1 Å². The highest BCUT2D eigenvalue weighted by Gasteiger charge is 2.20. The van der Waals surface area contributed by atoms with Crippen molar-refractivity contribution in [3.63, 3.8) is 0 Å². The van der Waals surface area contributed by atoms with E-state index in [1.807, 2.05) is 5.38 Å². The highest BCUT2D eigenvalue weighted by Crippen LogP contribution is 2.39. The van der Waals surface area contributed by atoms with Crippen molar-refractivity contribution >= 4 is 37.9 Å². The Kier molecular flexibility index (Phi) is 3.51. The summed E-state index contributed by atoms with van der Waals surface area (Å²) in [5.41, 5.74) is 7.30. The van der Waals surface area contributed by atoms with E-state index in [0.29, 0.717) is 22.0 Å². The van der Waals surface area contributed by atoms with E-state index in [-0.39, 0.29) is 10.6 Å². The van der Waals surface area contributed by atoms with Gasteiger partial charge in [0.05, 0.1) is 7.11 Å². The van der Waals surface area contributed by atoms with Gasteiger partial charge in [0.2, 0.25) is 0 Å². The lowest BCUT2D eigenvalue weighted by Crippen LogP contribution is -2.02. The lowest BCUT2D eigenvalue weighted by Gasteiger charge is -2.12. The van der Waals surface area contributed by atoms with Gasteiger partial charge in [0.15, 0.2) is 0 Å². The molecule has 0 aliphatic carbocycles. The highest BCUT2D eigenvalue weighted by atomic mass is 32.2. The third-order valence-electron chi connectivity index (χ3n) is 3.26. The van der Waals surface area contributed by atoms with Crippen LogP contribution in [0.3, 0.4) is 0 Å². The SMILES string of the molecule is COc1cc2c(-c3nccs3)c(N)ccc2cc1S(=O)(=O)O. The molecule has 0 amide bonds. The van der Waals surface area contributed by atoms with Crippen LogP contribution in [0.1, 0.15) is 0 Å². The summed E-state index contributed by atoms with van der Waals surface area (Å²) in [6.07, 6.45) is 1.67. The van der Waals surface area contributed by atoms with Gasteiger partial charge < -0.3 is 10.5 Å². The average Bonchev–Trinajstić information content (AvgIpc) is 2.98. The van der Waals surface area contributed by atoms with Crippen molar-refractivity contribution in [2.45, 2.75) is 4.90 Å². The van der Waals surface area contributed by atoms with Gasteiger partial charge in [-0.1, -0.05) is 6.07 Å². The number of nitrogen functional groups attached to an aromatic ring is 1. The molecule has 3 N–H and O–H groups in total. The van der Waals surface area contributed by atoms with Crippen molar-refractivity contribution in [1.29, 1.82) is 0 Å². The van der Waals surface area contributed by atoms with E-state index >= 15 is 0 Å². The number of aromatic nitrogens is 1. The zero-order valence-corrected chi connectivity index (χ0v) is 13.1. The minimum Gasteiger partial charge on any atom is -0.495 e. The molecule has 0 aliphatic rings. The summed E-state index contributed by atoms with van der Waals surface area (Å²) in [6, 6.07) is 6.28. The van der Waals surface area contributed by atoms with E-state index in [4.69, 9.17) is 10.5 Å². The molecule has 0 atom stereocenters. The monoisotopic (exact) mass is 336 g/mol. The normalized spacial score (nSPS) is 11.7. The summed E-state index contributed by atoms with van der Waals surface area (Å²) in [5.74, 6) is 0.0541. The molecule has 0 unspecified atom stereocenters. The molecule has 1 aromatic heterocycles. The molecule has 0 saturated carbocycles. The molecule has 2 aromatic carbocycles. The fraction of sp³-hybridized carbons (Fsp3) is 0.0714. The maximum Gasteiger partial charge on any atom is 0.298 e. The fourth-order valence-electron chi connectivity index (χ4n) is 2.30. The first-order valence-electron chi connectivity index (χ1n) is 6.19. The van der Waals surface area contributed by atoms with Crippen molar-refractivity contribution in [2.24, 2.45) is 0 Å². The molecular weight excluding hydrogens is 324 g/mol. The second kappa shape index (κ2) is 5.24. The van der Waals surface area contributed by atoms with Crippen LogP contribution in [0.2, 0.25) is 0 Å². The Balaban J connectivity index is 2.42. The number of hydrogen-bond donors (Lipinski definition) is 2. The van der Waals surface area contributed by atoms with E-state index in [1.165, 1.54) is 24.5 Å². The van der Waals surface area contributed by atoms with Crippen LogP contribution in [-0.2, 0) is 10.1 Å². The number of ether oxygens (including phenoxy) is 1. The predicted molar refractivity (Wildman–Crippen MR) is 85.8 cm³/mol. The maximum atomic E-state index is 11.5. The van der Waals surface area contributed by atoms with Gasteiger partial charge >= 0.3 is 0 Å². The molecule has 6 nitrogen and oxygen atoms in total. The van der Waals surface area contributed by atoms with Crippen molar-refractivity contribution < 1.29 is 17.7 Å². The number of thiazole rings is 1. The lowest BCUT2D eigenvalue weighted by molar-refractivity contribution is 0.398. The number of benzene rings is 2. The van der Waals surface area contributed by atoms with Gasteiger partial charge in [0, 0.05) is 22.8 Å². The number of nitrogens with two attached hydrogens (primary N) is 1. The van der Waals surface area contributed by atoms with Crippen LogP contribution in [0.5, 0.6) is 5.75 Å². The van der Waals surface area contributed by atoms with Crippen LogP contribution >= 0.6 is 11.3 Å². The maximum absolute atomic E-state index is 11.5. The van der Waals surface area contributed by atoms with Crippen LogP contribution in [0.25, 0.3) is 21.3 Å². The Morgan fingerprint density at radius 2 is 2.09 bits per heavy atom. The summed E-state index contributed by atoms with van der Waals surface area (Å²) in [7, 11) is -3.04. The number of anilines is 1. The minimum absolute atomic E-state index is 0.0541. The molecule has 0 aliphatic heterocycles. The van der Waals surface area contributed by atoms with Gasteiger partial charge in [-0.15, -0.1) is 11.3 Å². The Hall–Kier alpha value is -2.16. The van der Waals surface area contributed by atoms with Crippen LogP contribution in [0.4, 0.5) is 5.69 Å². The van der Waals surface area contributed by atoms with Gasteiger partial charge in [-0.05, 0) is 29.0 Å². The Morgan fingerprint density at radius 3 is 2.68 bits per heavy atom. The van der Waals surface area contributed by atoms with Gasteiger partial charge in [-0.2, -0.15) is 8.42 Å². The van der Waals surface area contributed by atoms with E-state index in [1.54, 1.807) is 24.4 Å². The average molecular weight is 336 g/mol. The third kappa shape index (κ3) is 2.41. The van der Waals surface area contributed by atoms with E-state index < -0.39 is 10.1 Å². The molecule has 0 fully saturated rings. The van der Waals surface area contributed by atoms with E-state index in [2.05, 4.69) is 4.98 Å². The first-order chi connectivity index (χ1) is 10.4. The first kappa shape index (κ1) is 14.8. The van der Waals surface area contributed by atoms with Crippen LogP contribution < -0.4 is 10.5 Å². The molecule has 3 aromatic rings. The number of nitrogens with zero attached hydrogens (tertiary/aromatic N) is 1. The number of fused-ring (bicyclic) bond motifs is 1. The molecule has 0 spiro atoms. The summed E-state index contributed by atoms with van der Waals surface area (Å²) in [6.45, 7) is 0. The smallest absolute Gasteiger partial charge is 0.298 e. The second-order valence-electron chi connectivity index (χ2n) is 4.57. The molecule has 0 bridgehead atoms. The predicted octanol–water partition coefficient (Wildman–Crippen LogP) is 2.80. The van der Waals surface area contributed by atoms with Crippen molar-refractivity contribution in [3.05, 3.63) is 35.8 Å². The van der Waals surface area contributed by atoms with Crippen molar-refractivity contribution in [2.75, 3.05) is 12.8 Å². The molecular formula is C14H12N2O4S2. The number of rotatable bonds is 3. The number of hydrogen-bond acceptors (Lipinski definition) is 6. The van der Waals surface area contributed by atoms with E-state index in [9.17, 15) is 13.0 Å². The standard InChI is InChI=1S/C14H12N2O4S2/c1-20-11-7-9-8(6-12(11)22(17,18)19)2-3-10(15)13(9)14-16-4-5-21-14/h2-7H,15H2,1H3,(H,17,18,19). The summed E-state index contributed by atoms with van der Waals surface area (Å²) in [4.78, 5) is 3.97. The zero-order valence-electron chi connectivity index (χ0n) is 11.5. The topological polar surface area (TPSA) is 103 Å². The second-order valence-corrected chi connectivity index (χ2v) is 6.85. The Labute approximate surface area is 130 Å². The Bertz CT molecular complexity index is 951. The molecule has 0 radical (unpaired) electrons. The molecule has 3 rings (SSSR count). The van der Waals surface area contributed by atoms with Gasteiger partial charge in [0.1, 0.15) is 15.7 Å². The van der Waals surface area contributed by atoms with Gasteiger partial charge in [-0.25, -0.2) is 4.98 Å². The third-order valence-corrected chi connectivity index (χ3v) is 4.93. The molecule has 1 heterocycles. The quantitative estimate of drug-likeness (QED) is 0.563. The van der Waals surface area contributed by atoms with Crippen molar-refractivity contribution in [1.82, 2.24) is 4.98 Å². The Morgan fingerprint density at radius 1 is 1.32 bits per heavy atom. The summed E-state index contributed by atoms with van der Waals surface area (Å²) < 4.78 is 37.4. The molecule has 22 heavy (non-hydrogen) atoms. The molecule has 8 heteroatoms. The number of methoxy groups -OCH3 is 1. The van der Waals surface area contributed by atoms with Gasteiger partial charge in [0.25, 0.3) is 10.1 Å². The van der Waals surface area contributed by atoms with Gasteiger partial charge in [-0.3, -0.25) is 4.55 Å². The van der Waals surface area contributed by atoms with Crippen molar-refractivity contribution in [3.8, 4) is 16.3 Å². The fourth-order valence-corrected chi connectivity index (χ4v) is 3.69.